The van der Waals surface area contributed by atoms with Crippen molar-refractivity contribution in [2.75, 3.05) is 19.6 Å². The number of nitrogens with one attached hydrogen (secondary N) is 2. The van der Waals surface area contributed by atoms with E-state index in [1.54, 1.807) is 0 Å². The van der Waals surface area contributed by atoms with Crippen molar-refractivity contribution in [2.45, 2.75) is 46.0 Å². The Morgan fingerprint density at radius 3 is 2.87 bits per heavy atom. The van der Waals surface area contributed by atoms with Crippen LogP contribution in [0.3, 0.4) is 0 Å². The number of guanidine groups is 1. The second-order valence-corrected chi connectivity index (χ2v) is 5.54. The van der Waals surface area contributed by atoms with Gasteiger partial charge in [-0.15, -0.1) is 10.2 Å². The Kier molecular flexibility index (Phi) is 7.36. The SMILES string of the molecule is CCCCCNC(=NCCCc1nnc2ccccn12)NCC. The van der Waals surface area contributed by atoms with Crippen LogP contribution in [-0.2, 0) is 6.42 Å². The Bertz CT molecular complexity index is 604. The van der Waals surface area contributed by atoms with E-state index in [-0.39, 0.29) is 0 Å². The molecule has 126 valence electrons. The Labute approximate surface area is 138 Å². The van der Waals surface area contributed by atoms with E-state index < -0.39 is 0 Å². The van der Waals surface area contributed by atoms with Crippen molar-refractivity contribution in [3.05, 3.63) is 30.2 Å². The van der Waals surface area contributed by atoms with Gasteiger partial charge in [-0.3, -0.25) is 9.39 Å². The third-order valence-electron chi connectivity index (χ3n) is 3.63. The molecular formula is C17H28N6. The zero-order valence-corrected chi connectivity index (χ0v) is 14.3. The first kappa shape index (κ1) is 17.2. The first-order valence-electron chi connectivity index (χ1n) is 8.66. The van der Waals surface area contributed by atoms with Crippen molar-refractivity contribution in [1.29, 1.82) is 0 Å². The second-order valence-electron chi connectivity index (χ2n) is 5.54. The van der Waals surface area contributed by atoms with Crippen LogP contribution >= 0.6 is 0 Å². The molecule has 2 rings (SSSR count). The van der Waals surface area contributed by atoms with Crippen LogP contribution in [0.1, 0.15) is 45.4 Å². The van der Waals surface area contributed by atoms with Crippen LogP contribution in [-0.4, -0.2) is 40.2 Å². The normalized spacial score (nSPS) is 11.8. The number of hydrogen-bond acceptors (Lipinski definition) is 3. The standard InChI is InChI=1S/C17H28N6/c1-3-5-7-12-19-17(18-4-2)20-13-9-11-16-22-21-15-10-6-8-14-23(15)16/h6,8,10,14H,3-5,7,9,11-13H2,1-2H3,(H2,18,19,20). The quantitative estimate of drug-likeness (QED) is 0.423. The molecule has 0 atom stereocenters. The first-order valence-corrected chi connectivity index (χ1v) is 8.66. The van der Waals surface area contributed by atoms with E-state index in [2.05, 4.69) is 39.7 Å². The van der Waals surface area contributed by atoms with Gasteiger partial charge in [0.15, 0.2) is 11.6 Å². The lowest BCUT2D eigenvalue weighted by atomic mass is 10.2. The van der Waals surface area contributed by atoms with Gasteiger partial charge in [0, 0.05) is 32.3 Å². The number of hydrogen-bond donors (Lipinski definition) is 2. The zero-order valence-electron chi connectivity index (χ0n) is 14.3. The van der Waals surface area contributed by atoms with Crippen LogP contribution in [0.5, 0.6) is 0 Å². The molecule has 0 spiro atoms. The number of unbranched alkanes of at least 4 members (excludes halogenated alkanes) is 2. The summed E-state index contributed by atoms with van der Waals surface area (Å²) >= 11 is 0. The molecule has 0 aliphatic rings. The first-order chi connectivity index (χ1) is 11.3. The fourth-order valence-corrected chi connectivity index (χ4v) is 2.41. The van der Waals surface area contributed by atoms with Gasteiger partial charge in [0.25, 0.3) is 0 Å². The smallest absolute Gasteiger partial charge is 0.191 e. The molecule has 23 heavy (non-hydrogen) atoms. The Morgan fingerprint density at radius 1 is 1.13 bits per heavy atom. The summed E-state index contributed by atoms with van der Waals surface area (Å²) in [5, 5.41) is 15.1. The summed E-state index contributed by atoms with van der Waals surface area (Å²) in [4.78, 5) is 4.63. The lowest BCUT2D eigenvalue weighted by Crippen LogP contribution is -2.37. The van der Waals surface area contributed by atoms with E-state index in [0.717, 1.165) is 49.9 Å². The van der Waals surface area contributed by atoms with Gasteiger partial charge in [-0.05, 0) is 31.9 Å². The van der Waals surface area contributed by atoms with Crippen molar-refractivity contribution < 1.29 is 0 Å². The lowest BCUT2D eigenvalue weighted by molar-refractivity contribution is 0.680. The monoisotopic (exact) mass is 316 g/mol. The van der Waals surface area contributed by atoms with Crippen LogP contribution in [0.2, 0.25) is 0 Å². The van der Waals surface area contributed by atoms with Gasteiger partial charge in [-0.2, -0.15) is 0 Å². The molecule has 0 fully saturated rings. The van der Waals surface area contributed by atoms with Crippen molar-refractivity contribution in [3.63, 3.8) is 0 Å². The van der Waals surface area contributed by atoms with Crippen LogP contribution in [0.4, 0.5) is 0 Å². The fraction of sp³-hybridized carbons (Fsp3) is 0.588. The maximum absolute atomic E-state index is 4.63. The summed E-state index contributed by atoms with van der Waals surface area (Å²) < 4.78 is 2.04. The maximum Gasteiger partial charge on any atom is 0.191 e. The molecule has 2 N–H and O–H groups in total. The third kappa shape index (κ3) is 5.54. The summed E-state index contributed by atoms with van der Waals surface area (Å²) in [6, 6.07) is 5.95. The highest BCUT2D eigenvalue weighted by molar-refractivity contribution is 5.79. The van der Waals surface area contributed by atoms with Gasteiger partial charge in [-0.1, -0.05) is 25.8 Å². The predicted octanol–water partition coefficient (Wildman–Crippen LogP) is 2.41. The highest BCUT2D eigenvalue weighted by Gasteiger charge is 2.03. The summed E-state index contributed by atoms with van der Waals surface area (Å²) in [6.45, 7) is 6.95. The van der Waals surface area contributed by atoms with Crippen LogP contribution in [0.25, 0.3) is 5.65 Å². The largest absolute Gasteiger partial charge is 0.357 e. The second kappa shape index (κ2) is 9.82. The van der Waals surface area contributed by atoms with Crippen molar-refractivity contribution >= 4 is 11.6 Å². The maximum atomic E-state index is 4.63. The van der Waals surface area contributed by atoms with Gasteiger partial charge in [0.1, 0.15) is 5.82 Å². The topological polar surface area (TPSA) is 66.6 Å². The Balaban J connectivity index is 1.78. The minimum Gasteiger partial charge on any atom is -0.357 e. The molecule has 0 aromatic carbocycles. The van der Waals surface area contributed by atoms with Gasteiger partial charge in [0.2, 0.25) is 0 Å². The molecule has 0 aliphatic heterocycles. The third-order valence-corrected chi connectivity index (χ3v) is 3.63. The number of rotatable bonds is 9. The molecule has 0 amide bonds. The van der Waals surface area contributed by atoms with Crippen LogP contribution < -0.4 is 10.6 Å². The predicted molar refractivity (Wildman–Crippen MR) is 94.8 cm³/mol. The minimum atomic E-state index is 0.783. The molecular weight excluding hydrogens is 288 g/mol. The Hall–Kier alpha value is -2.11. The molecule has 0 saturated heterocycles. The molecule has 2 aromatic rings. The number of fused-ring (bicyclic) bond motifs is 1. The number of aromatic nitrogens is 3. The van der Waals surface area contributed by atoms with E-state index in [1.807, 2.05) is 28.8 Å². The molecule has 6 nitrogen and oxygen atoms in total. The average molecular weight is 316 g/mol. The average Bonchev–Trinajstić information content (AvgIpc) is 2.98. The van der Waals surface area contributed by atoms with E-state index in [9.17, 15) is 0 Å². The van der Waals surface area contributed by atoms with Gasteiger partial charge < -0.3 is 10.6 Å². The number of pyridine rings is 1. The van der Waals surface area contributed by atoms with Gasteiger partial charge in [0.05, 0.1) is 0 Å². The van der Waals surface area contributed by atoms with Crippen molar-refractivity contribution in [3.8, 4) is 0 Å². The molecule has 0 aliphatic carbocycles. The van der Waals surface area contributed by atoms with Gasteiger partial charge in [-0.25, -0.2) is 0 Å². The summed E-state index contributed by atoms with van der Waals surface area (Å²) in [5.74, 6) is 1.91. The number of aryl methyl sites for hydroxylation is 1. The molecule has 0 saturated carbocycles. The highest BCUT2D eigenvalue weighted by Crippen LogP contribution is 2.05. The highest BCUT2D eigenvalue weighted by atomic mass is 15.2. The summed E-state index contributed by atoms with van der Waals surface area (Å²) in [7, 11) is 0. The van der Waals surface area contributed by atoms with Crippen LogP contribution in [0, 0.1) is 0 Å². The molecule has 0 bridgehead atoms. The molecule has 0 unspecified atom stereocenters. The van der Waals surface area contributed by atoms with Gasteiger partial charge >= 0.3 is 0 Å². The van der Waals surface area contributed by atoms with E-state index >= 15 is 0 Å². The zero-order chi connectivity index (χ0) is 16.3. The van der Waals surface area contributed by atoms with Crippen molar-refractivity contribution in [2.24, 2.45) is 4.99 Å². The Morgan fingerprint density at radius 2 is 2.04 bits per heavy atom. The van der Waals surface area contributed by atoms with E-state index in [1.165, 1.54) is 19.3 Å². The van der Waals surface area contributed by atoms with Crippen LogP contribution in [0.15, 0.2) is 29.4 Å². The lowest BCUT2D eigenvalue weighted by Gasteiger charge is -2.10. The molecule has 6 heteroatoms. The summed E-state index contributed by atoms with van der Waals surface area (Å²) in [5.41, 5.74) is 0.900. The fourth-order valence-electron chi connectivity index (χ4n) is 2.41. The molecule has 2 heterocycles. The summed E-state index contributed by atoms with van der Waals surface area (Å²) in [6.07, 6.45) is 7.53. The number of nitrogens with zero attached hydrogens (tertiary/aromatic N) is 4. The number of aliphatic imine (C=N–C) groups is 1. The minimum absolute atomic E-state index is 0.783. The molecule has 2 aromatic heterocycles. The van der Waals surface area contributed by atoms with Crippen molar-refractivity contribution in [1.82, 2.24) is 25.2 Å². The van der Waals surface area contributed by atoms with E-state index in [4.69, 9.17) is 0 Å². The van der Waals surface area contributed by atoms with E-state index in [0.29, 0.717) is 0 Å². The molecule has 0 radical (unpaired) electrons.